The Kier molecular flexibility index (Phi) is 6.64. The van der Waals surface area contributed by atoms with Gasteiger partial charge in [0.05, 0.1) is 0 Å². The molecule has 2 aromatic rings. The molecule has 2 aliphatic carbocycles. The first-order valence-corrected chi connectivity index (χ1v) is 12.7. The third-order valence-electron chi connectivity index (χ3n) is 7.63. The number of imide groups is 1. The maximum absolute atomic E-state index is 13.6. The molecule has 2 fully saturated rings. The van der Waals surface area contributed by atoms with Crippen molar-refractivity contribution in [2.75, 3.05) is 13.1 Å². The van der Waals surface area contributed by atoms with Gasteiger partial charge in [0.15, 0.2) is 0 Å². The second kappa shape index (κ2) is 9.92. The van der Waals surface area contributed by atoms with Crippen LogP contribution in [0.1, 0.15) is 53.2 Å². The van der Waals surface area contributed by atoms with Crippen LogP contribution in [0.4, 0.5) is 4.79 Å². The van der Waals surface area contributed by atoms with E-state index < -0.39 is 42.6 Å². The minimum atomic E-state index is -1.53. The van der Waals surface area contributed by atoms with Gasteiger partial charge in [-0.2, -0.15) is 0 Å². The predicted molar refractivity (Wildman–Crippen MR) is 134 cm³/mol. The molecule has 2 N–H and O–H groups in total. The monoisotopic (exact) mass is 519 g/mol. The molecule has 1 saturated heterocycles. The van der Waals surface area contributed by atoms with E-state index in [0.717, 1.165) is 23.3 Å². The Morgan fingerprint density at radius 1 is 1.16 bits per heavy atom. The van der Waals surface area contributed by atoms with Gasteiger partial charge >= 0.3 is 12.1 Å². The fourth-order valence-electron chi connectivity index (χ4n) is 5.35. The van der Waals surface area contributed by atoms with Gasteiger partial charge in [0.1, 0.15) is 13.1 Å². The van der Waals surface area contributed by atoms with Crippen molar-refractivity contribution in [3.8, 4) is 0 Å². The number of aryl methyl sites for hydroxylation is 1. The van der Waals surface area contributed by atoms with Crippen molar-refractivity contribution in [2.24, 2.45) is 5.92 Å². The fourth-order valence-corrected chi connectivity index (χ4v) is 5.35. The summed E-state index contributed by atoms with van der Waals surface area (Å²) in [5, 5.41) is 11.1. The van der Waals surface area contributed by atoms with Gasteiger partial charge < -0.3 is 20.1 Å². The second-order valence-corrected chi connectivity index (χ2v) is 10.1. The Bertz CT molecular complexity index is 1310. The second-order valence-electron chi connectivity index (χ2n) is 10.1. The van der Waals surface area contributed by atoms with Gasteiger partial charge in [0, 0.05) is 30.1 Å². The van der Waals surface area contributed by atoms with Gasteiger partial charge in [-0.05, 0) is 55.4 Å². The van der Waals surface area contributed by atoms with Crippen molar-refractivity contribution in [3.05, 3.63) is 70.8 Å². The highest BCUT2D eigenvalue weighted by atomic mass is 16.6. The molecule has 5 rings (SSSR count). The van der Waals surface area contributed by atoms with E-state index in [1.165, 1.54) is 6.07 Å². The number of nitrogens with one attached hydrogen (secondary N) is 1. The molecule has 38 heavy (non-hydrogen) atoms. The summed E-state index contributed by atoms with van der Waals surface area (Å²) in [6, 6.07) is 14.2. The largest absolute Gasteiger partial charge is 0.480 e. The van der Waals surface area contributed by atoms with E-state index in [0.29, 0.717) is 30.0 Å². The number of nitrogens with zero attached hydrogens (tertiary/aromatic N) is 2. The highest BCUT2D eigenvalue weighted by Crippen LogP contribution is 2.45. The SMILES string of the molecule is CC(C1CC1)N(Cc1ccccc1)C(=O)CN1C(=O)OC2(CCc3cc(C(=O)NCC(=O)O)ccc32)C1=O. The zero-order valence-corrected chi connectivity index (χ0v) is 21.0. The van der Waals surface area contributed by atoms with E-state index in [1.54, 1.807) is 17.0 Å². The maximum Gasteiger partial charge on any atom is 0.418 e. The standard InChI is InChI=1S/C28H29N3O7/c1-17(19-7-8-19)30(15-18-5-3-2-4-6-18)23(32)16-31-26(36)28(38-27(31)37)12-11-20-13-21(9-10-22(20)28)25(35)29-14-24(33)34/h2-6,9-10,13,17,19H,7-8,11-12,14-16H2,1H3,(H,29,35)(H,33,34). The number of carboxylic acids is 1. The highest BCUT2D eigenvalue weighted by molar-refractivity contribution is 6.06. The summed E-state index contributed by atoms with van der Waals surface area (Å²) in [7, 11) is 0. The Labute approximate surface area is 219 Å². The lowest BCUT2D eigenvalue weighted by Gasteiger charge is -2.30. The van der Waals surface area contributed by atoms with E-state index in [2.05, 4.69) is 5.32 Å². The summed E-state index contributed by atoms with van der Waals surface area (Å²) in [5.74, 6) is -2.22. The molecule has 4 amide bonds. The van der Waals surface area contributed by atoms with E-state index in [1.807, 2.05) is 37.3 Å². The van der Waals surface area contributed by atoms with Crippen LogP contribution in [0.3, 0.4) is 0 Å². The van der Waals surface area contributed by atoms with Gasteiger partial charge in [-0.25, -0.2) is 9.69 Å². The van der Waals surface area contributed by atoms with E-state index >= 15 is 0 Å². The van der Waals surface area contributed by atoms with Crippen LogP contribution in [0.5, 0.6) is 0 Å². The van der Waals surface area contributed by atoms with E-state index in [9.17, 15) is 24.0 Å². The molecule has 198 valence electrons. The predicted octanol–water partition coefficient (Wildman–Crippen LogP) is 2.45. The smallest absolute Gasteiger partial charge is 0.418 e. The lowest BCUT2D eigenvalue weighted by molar-refractivity contribution is -0.143. The highest BCUT2D eigenvalue weighted by Gasteiger charge is 2.58. The molecule has 10 nitrogen and oxygen atoms in total. The zero-order chi connectivity index (χ0) is 27.0. The fraction of sp³-hybridized carbons (Fsp3) is 0.393. The zero-order valence-electron chi connectivity index (χ0n) is 21.0. The Morgan fingerprint density at radius 3 is 2.58 bits per heavy atom. The summed E-state index contributed by atoms with van der Waals surface area (Å²) in [4.78, 5) is 65.6. The number of fused-ring (bicyclic) bond motifs is 2. The van der Waals surface area contributed by atoms with Gasteiger partial charge in [0.25, 0.3) is 11.8 Å². The van der Waals surface area contributed by atoms with Crippen LogP contribution in [-0.4, -0.2) is 63.8 Å². The van der Waals surface area contributed by atoms with Crippen molar-refractivity contribution in [2.45, 2.75) is 50.8 Å². The van der Waals surface area contributed by atoms with Crippen molar-refractivity contribution < 1.29 is 33.8 Å². The first-order valence-electron chi connectivity index (χ1n) is 12.7. The molecule has 10 heteroatoms. The molecule has 0 bridgehead atoms. The van der Waals surface area contributed by atoms with Crippen molar-refractivity contribution in [1.29, 1.82) is 0 Å². The van der Waals surface area contributed by atoms with E-state index in [4.69, 9.17) is 9.84 Å². The van der Waals surface area contributed by atoms with Gasteiger partial charge in [-0.3, -0.25) is 19.2 Å². The van der Waals surface area contributed by atoms with E-state index in [-0.39, 0.29) is 23.9 Å². The Morgan fingerprint density at radius 2 is 1.89 bits per heavy atom. The number of carbonyl (C=O) groups excluding carboxylic acids is 4. The van der Waals surface area contributed by atoms with Crippen LogP contribution >= 0.6 is 0 Å². The van der Waals surface area contributed by atoms with Gasteiger partial charge in [-0.1, -0.05) is 36.4 Å². The molecule has 0 aromatic heterocycles. The molecule has 1 spiro atoms. The number of hydrogen-bond donors (Lipinski definition) is 2. The molecule has 1 saturated carbocycles. The molecule has 1 aliphatic heterocycles. The topological polar surface area (TPSA) is 133 Å². The molecule has 2 atom stereocenters. The lowest BCUT2D eigenvalue weighted by Crippen LogP contribution is -2.47. The average molecular weight is 520 g/mol. The number of hydrogen-bond acceptors (Lipinski definition) is 6. The first-order chi connectivity index (χ1) is 18.2. The summed E-state index contributed by atoms with van der Waals surface area (Å²) in [6.45, 7) is 1.46. The number of rotatable bonds is 9. The molecule has 3 aliphatic rings. The number of aliphatic carboxylic acids is 1. The van der Waals surface area contributed by atoms with Crippen LogP contribution in [0.25, 0.3) is 0 Å². The molecular weight excluding hydrogens is 490 g/mol. The summed E-state index contributed by atoms with van der Waals surface area (Å²) in [6.07, 6.45) is 1.80. The lowest BCUT2D eigenvalue weighted by atomic mass is 9.94. The molecule has 1 heterocycles. The van der Waals surface area contributed by atoms with Gasteiger partial charge in [0.2, 0.25) is 11.5 Å². The van der Waals surface area contributed by atoms with Crippen molar-refractivity contribution in [3.63, 3.8) is 0 Å². The van der Waals surface area contributed by atoms with Gasteiger partial charge in [-0.15, -0.1) is 0 Å². The Balaban J connectivity index is 1.33. The van der Waals surface area contributed by atoms with Crippen LogP contribution in [-0.2, 0) is 37.7 Å². The third-order valence-corrected chi connectivity index (χ3v) is 7.63. The molecule has 2 aromatic carbocycles. The number of benzene rings is 2. The maximum atomic E-state index is 13.6. The normalized spacial score (nSPS) is 20.7. The third kappa shape index (κ3) is 4.73. The quantitative estimate of drug-likeness (QED) is 0.520. The minimum Gasteiger partial charge on any atom is -0.480 e. The first kappa shape index (κ1) is 25.4. The van der Waals surface area contributed by atoms with Crippen molar-refractivity contribution in [1.82, 2.24) is 15.1 Å². The van der Waals surface area contributed by atoms with Crippen LogP contribution in [0.2, 0.25) is 0 Å². The minimum absolute atomic E-state index is 0.0247. The number of carboxylic acid groups (broad SMARTS) is 1. The summed E-state index contributed by atoms with van der Waals surface area (Å²) < 4.78 is 5.65. The number of carbonyl (C=O) groups is 5. The summed E-state index contributed by atoms with van der Waals surface area (Å²) >= 11 is 0. The van der Waals surface area contributed by atoms with Crippen LogP contribution < -0.4 is 5.32 Å². The average Bonchev–Trinajstić information content (AvgIpc) is 3.66. The molecule has 0 radical (unpaired) electrons. The molecule has 2 unspecified atom stereocenters. The number of ether oxygens (including phenoxy) is 1. The number of amides is 4. The summed E-state index contributed by atoms with van der Waals surface area (Å²) in [5.41, 5.74) is 0.822. The van der Waals surface area contributed by atoms with Crippen LogP contribution in [0.15, 0.2) is 48.5 Å². The van der Waals surface area contributed by atoms with Crippen molar-refractivity contribution >= 4 is 29.8 Å². The Hall–Kier alpha value is -4.21. The van der Waals surface area contributed by atoms with Crippen LogP contribution in [0, 0.1) is 5.92 Å². The molecular formula is C28H29N3O7.